The number of aliphatic hydroxyl groups excluding tert-OH is 1. The summed E-state index contributed by atoms with van der Waals surface area (Å²) >= 11 is 0. The van der Waals surface area contributed by atoms with Gasteiger partial charge in [-0.2, -0.15) is 0 Å². The molecule has 248 valence electrons. The average molecular weight is 653 g/mol. The van der Waals surface area contributed by atoms with Crippen LogP contribution in [0.3, 0.4) is 0 Å². The van der Waals surface area contributed by atoms with Gasteiger partial charge in [0.1, 0.15) is 46.3 Å². The Balaban J connectivity index is 1.44. The lowest BCUT2D eigenvalue weighted by Crippen LogP contribution is -2.76. The van der Waals surface area contributed by atoms with Gasteiger partial charge in [-0.05, 0) is 62.3 Å². The maximum absolute atomic E-state index is 14.2. The molecule has 8 atom stereocenters. The molecule has 1 saturated heterocycles. The number of esters is 3. The zero-order valence-electron chi connectivity index (χ0n) is 25.8. The highest BCUT2D eigenvalue weighted by atomic mass is 16.6. The summed E-state index contributed by atoms with van der Waals surface area (Å²) in [5.41, 5.74) is -8.00. The first kappa shape index (κ1) is 30.9. The Morgan fingerprint density at radius 2 is 1.77 bits per heavy atom. The van der Waals surface area contributed by atoms with Gasteiger partial charge in [0.05, 0.1) is 13.0 Å². The second kappa shape index (κ2) is 9.91. The topological polar surface area (TPSA) is 212 Å². The van der Waals surface area contributed by atoms with Crippen molar-refractivity contribution < 1.29 is 68.1 Å². The van der Waals surface area contributed by atoms with E-state index in [1.165, 1.54) is 25.1 Å². The van der Waals surface area contributed by atoms with E-state index < -0.39 is 93.5 Å². The van der Waals surface area contributed by atoms with E-state index in [9.17, 15) is 44.4 Å². The van der Waals surface area contributed by atoms with Crippen LogP contribution in [-0.4, -0.2) is 92.1 Å². The second-order valence-electron chi connectivity index (χ2n) is 12.9. The predicted molar refractivity (Wildman–Crippen MR) is 155 cm³/mol. The molecule has 47 heavy (non-hydrogen) atoms. The van der Waals surface area contributed by atoms with Crippen molar-refractivity contribution in [3.05, 3.63) is 34.9 Å². The third kappa shape index (κ3) is 3.59. The maximum Gasteiger partial charge on any atom is 0.357 e. The SMILES string of the molecule is COC(=O)[C@@]12Oc3c(c(O)cc(C)c3-c3ccc4c(c3O)C(=O)[C@@]3(O)[C@H]5C[C@H](C)[C@H](O)[C@]3(O4)C(=O)O5)C(=O)[C@@H]1CCC[C@@H]2OC(C)=O. The summed E-state index contributed by atoms with van der Waals surface area (Å²) in [5.74, 6) is -8.29. The van der Waals surface area contributed by atoms with Crippen molar-refractivity contribution in [1.29, 1.82) is 0 Å². The average Bonchev–Trinajstić information content (AvgIpc) is 3.17. The van der Waals surface area contributed by atoms with Gasteiger partial charge in [-0.25, -0.2) is 9.59 Å². The van der Waals surface area contributed by atoms with E-state index in [1.807, 2.05) is 0 Å². The Kier molecular flexibility index (Phi) is 6.52. The van der Waals surface area contributed by atoms with E-state index in [-0.39, 0.29) is 53.0 Å². The molecule has 2 bridgehead atoms. The van der Waals surface area contributed by atoms with E-state index in [2.05, 4.69) is 0 Å². The molecule has 14 heteroatoms. The number of fused-ring (bicyclic) bond motifs is 3. The third-order valence-corrected chi connectivity index (χ3v) is 10.4. The van der Waals surface area contributed by atoms with Gasteiger partial charge in [0, 0.05) is 18.1 Å². The van der Waals surface area contributed by atoms with E-state index >= 15 is 0 Å². The standard InChI is InChI=1S/C33H32O14/c1-12-10-17(35)22-25(37)16-6-5-7-19(44-14(3)34)31(16,29(40)43-4)47-26(22)21(12)15-8-9-18-23(24(15)36)28(39)32(42)20-11-13(2)27(38)33(32,46-18)30(41)45-20/h8-10,13,16,19-20,27,35-36,38,42H,5-7,11H2,1-4H3/t13-,16-,19-,20+,27-,31+,32-,33-/m0/s1. The minimum absolute atomic E-state index is 0.00648. The van der Waals surface area contributed by atoms with Crippen LogP contribution < -0.4 is 9.47 Å². The molecule has 2 saturated carbocycles. The van der Waals surface area contributed by atoms with Crippen molar-refractivity contribution in [1.82, 2.24) is 0 Å². The number of aryl methyl sites for hydroxylation is 1. The number of phenols is 2. The molecule has 3 heterocycles. The number of carbonyl (C=O) groups is 5. The summed E-state index contributed by atoms with van der Waals surface area (Å²) in [4.78, 5) is 67.0. The van der Waals surface area contributed by atoms with Gasteiger partial charge < -0.3 is 44.1 Å². The fourth-order valence-corrected chi connectivity index (χ4v) is 8.30. The van der Waals surface area contributed by atoms with Crippen LogP contribution >= 0.6 is 0 Å². The van der Waals surface area contributed by atoms with Gasteiger partial charge in [0.2, 0.25) is 11.4 Å². The lowest BCUT2D eigenvalue weighted by Gasteiger charge is -2.49. The first-order valence-electron chi connectivity index (χ1n) is 15.2. The molecular weight excluding hydrogens is 620 g/mol. The van der Waals surface area contributed by atoms with Crippen molar-refractivity contribution >= 4 is 29.5 Å². The van der Waals surface area contributed by atoms with Crippen molar-refractivity contribution in [3.63, 3.8) is 0 Å². The molecule has 2 aromatic carbocycles. The first-order valence-corrected chi connectivity index (χ1v) is 15.2. The van der Waals surface area contributed by atoms with Gasteiger partial charge in [0.25, 0.3) is 11.2 Å². The molecule has 3 aliphatic heterocycles. The molecule has 0 aromatic heterocycles. The fraction of sp³-hybridized carbons (Fsp3) is 0.485. The van der Waals surface area contributed by atoms with Gasteiger partial charge in [-0.15, -0.1) is 0 Å². The Hall–Kier alpha value is -4.69. The molecule has 2 aromatic rings. The van der Waals surface area contributed by atoms with Crippen LogP contribution in [-0.2, 0) is 28.6 Å². The minimum Gasteiger partial charge on any atom is -0.507 e. The highest BCUT2D eigenvalue weighted by molar-refractivity contribution is 6.16. The number of Topliss-reactive ketones (excluding diaryl/α,β-unsaturated/α-hetero) is 2. The van der Waals surface area contributed by atoms with Crippen LogP contribution in [0.5, 0.6) is 23.0 Å². The summed E-state index contributed by atoms with van der Waals surface area (Å²) in [6, 6.07) is 3.81. The van der Waals surface area contributed by atoms with Crippen molar-refractivity contribution in [2.75, 3.05) is 7.11 Å². The fourth-order valence-electron chi connectivity index (χ4n) is 8.30. The lowest BCUT2D eigenvalue weighted by molar-refractivity contribution is -0.193. The molecule has 0 spiro atoms. The zero-order valence-corrected chi connectivity index (χ0v) is 25.8. The van der Waals surface area contributed by atoms with E-state index in [0.717, 1.165) is 14.0 Å². The van der Waals surface area contributed by atoms with E-state index in [1.54, 1.807) is 6.92 Å². The van der Waals surface area contributed by atoms with Crippen molar-refractivity contribution in [3.8, 4) is 34.1 Å². The van der Waals surface area contributed by atoms with Crippen LogP contribution in [0.25, 0.3) is 11.1 Å². The number of rotatable bonds is 3. The number of ether oxygens (including phenoxy) is 5. The van der Waals surface area contributed by atoms with Crippen LogP contribution in [0, 0.1) is 18.8 Å². The first-order chi connectivity index (χ1) is 22.2. The largest absolute Gasteiger partial charge is 0.507 e. The maximum atomic E-state index is 14.2. The molecule has 14 nitrogen and oxygen atoms in total. The van der Waals surface area contributed by atoms with E-state index in [0.29, 0.717) is 6.42 Å². The molecule has 7 rings (SSSR count). The highest BCUT2D eigenvalue weighted by Crippen LogP contribution is 2.59. The molecule has 2 aliphatic carbocycles. The van der Waals surface area contributed by atoms with Crippen molar-refractivity contribution in [2.45, 2.75) is 81.6 Å². The zero-order chi connectivity index (χ0) is 34.0. The Labute approximate surface area is 267 Å². The summed E-state index contributed by atoms with van der Waals surface area (Å²) in [6.45, 7) is 4.29. The quantitative estimate of drug-likeness (QED) is 0.274. The van der Waals surface area contributed by atoms with Crippen molar-refractivity contribution in [2.24, 2.45) is 11.8 Å². The Morgan fingerprint density at radius 1 is 1.04 bits per heavy atom. The molecule has 0 unspecified atom stereocenters. The number of benzene rings is 2. The Morgan fingerprint density at radius 3 is 2.45 bits per heavy atom. The van der Waals surface area contributed by atoms with Gasteiger partial charge in [-0.3, -0.25) is 14.4 Å². The normalized spacial score (nSPS) is 34.9. The lowest BCUT2D eigenvalue weighted by atomic mass is 9.62. The van der Waals surface area contributed by atoms with Crippen LogP contribution in [0.4, 0.5) is 0 Å². The molecule has 5 aliphatic rings. The Bertz CT molecular complexity index is 1810. The monoisotopic (exact) mass is 652 g/mol. The molecule has 0 radical (unpaired) electrons. The molecule has 0 amide bonds. The number of carbonyl (C=O) groups excluding carboxylic acids is 5. The van der Waals surface area contributed by atoms with Gasteiger partial charge in [-0.1, -0.05) is 6.92 Å². The number of hydrogen-bond acceptors (Lipinski definition) is 14. The number of aliphatic hydroxyl groups is 2. The summed E-state index contributed by atoms with van der Waals surface area (Å²) in [5, 5.41) is 45.7. The molecular formula is C33H32O14. The van der Waals surface area contributed by atoms with Crippen LogP contribution in [0.1, 0.15) is 65.8 Å². The summed E-state index contributed by atoms with van der Waals surface area (Å²) < 4.78 is 28.3. The number of phenolic OH excluding ortho intramolecular Hbond substituents is 2. The van der Waals surface area contributed by atoms with Gasteiger partial charge in [0.15, 0.2) is 11.9 Å². The minimum atomic E-state index is -2.68. The predicted octanol–water partition coefficient (Wildman–Crippen LogP) is 1.66. The van der Waals surface area contributed by atoms with Gasteiger partial charge >= 0.3 is 17.9 Å². The third-order valence-electron chi connectivity index (χ3n) is 10.4. The summed E-state index contributed by atoms with van der Waals surface area (Å²) in [7, 11) is 1.09. The number of hydrogen-bond donors (Lipinski definition) is 4. The number of ketones is 2. The number of methoxy groups -OCH3 is 1. The van der Waals surface area contributed by atoms with E-state index in [4.69, 9.17) is 23.7 Å². The smallest absolute Gasteiger partial charge is 0.357 e. The number of aromatic hydroxyl groups is 2. The highest BCUT2D eigenvalue weighted by Gasteiger charge is 2.81. The second-order valence-corrected chi connectivity index (χ2v) is 12.9. The molecule has 3 fully saturated rings. The molecule has 4 N–H and O–H groups in total. The van der Waals surface area contributed by atoms with Crippen LogP contribution in [0.2, 0.25) is 0 Å². The summed E-state index contributed by atoms with van der Waals surface area (Å²) in [6.07, 6.45) is -3.60. The van der Waals surface area contributed by atoms with Crippen LogP contribution in [0.15, 0.2) is 18.2 Å².